The van der Waals surface area contributed by atoms with Crippen molar-refractivity contribution < 1.29 is 39.5 Å². The van der Waals surface area contributed by atoms with Crippen LogP contribution in [0.2, 0.25) is 0 Å². The standard InChI is InChI=1S/2C12H16O4.2C4H11N/c2*1-8(2)16-11(12(14)15)7-9-4-3-5-10(13)6-9;2*1-4(2,3)5/h2*3-6,8,11,13H,7H2,1-2H3,(H,14,15);2*5H2,1-3H3/t2*11-;;/m00../s1. The van der Waals surface area contributed by atoms with Gasteiger partial charge in [-0.15, -0.1) is 0 Å². The predicted molar refractivity (Wildman–Crippen MR) is 167 cm³/mol. The molecule has 8 N–H and O–H groups in total. The van der Waals surface area contributed by atoms with E-state index in [2.05, 4.69) is 0 Å². The first-order chi connectivity index (χ1) is 19.0. The van der Waals surface area contributed by atoms with Crippen LogP contribution in [0.1, 0.15) is 80.4 Å². The number of aromatic hydroxyl groups is 2. The van der Waals surface area contributed by atoms with E-state index < -0.39 is 24.1 Å². The summed E-state index contributed by atoms with van der Waals surface area (Å²) in [5.74, 6) is -1.72. The van der Waals surface area contributed by atoms with E-state index in [-0.39, 0.29) is 47.6 Å². The summed E-state index contributed by atoms with van der Waals surface area (Å²) in [5, 5.41) is 36.4. The largest absolute Gasteiger partial charge is 0.508 e. The number of carbonyl (C=O) groups is 2. The molecule has 10 heteroatoms. The number of aliphatic carboxylic acids is 2. The second-order valence-corrected chi connectivity index (χ2v) is 12.5. The molecule has 42 heavy (non-hydrogen) atoms. The van der Waals surface area contributed by atoms with E-state index in [1.54, 1.807) is 76.2 Å². The van der Waals surface area contributed by atoms with Gasteiger partial charge in [-0.1, -0.05) is 24.3 Å². The minimum atomic E-state index is -0.989. The van der Waals surface area contributed by atoms with Gasteiger partial charge in [-0.3, -0.25) is 0 Å². The minimum Gasteiger partial charge on any atom is -0.508 e. The number of nitrogens with two attached hydrogens (primary N) is 2. The fourth-order valence-electron chi connectivity index (χ4n) is 2.84. The number of hydrogen-bond donors (Lipinski definition) is 6. The van der Waals surface area contributed by atoms with Crippen LogP contribution in [0.3, 0.4) is 0 Å². The molecule has 0 aliphatic rings. The highest BCUT2D eigenvalue weighted by Gasteiger charge is 2.21. The quantitative estimate of drug-likeness (QED) is 0.216. The molecule has 2 atom stereocenters. The lowest BCUT2D eigenvalue weighted by atomic mass is 10.1. The monoisotopic (exact) mass is 594 g/mol. The minimum absolute atomic E-state index is 0. The number of rotatable bonds is 10. The van der Waals surface area contributed by atoms with Crippen LogP contribution in [0.25, 0.3) is 0 Å². The van der Waals surface area contributed by atoms with Crippen LogP contribution >= 0.6 is 0 Å². The van der Waals surface area contributed by atoms with Crippen LogP contribution in [-0.4, -0.2) is 67.9 Å². The fourth-order valence-corrected chi connectivity index (χ4v) is 2.84. The van der Waals surface area contributed by atoms with Crippen LogP contribution in [0.15, 0.2) is 48.5 Å². The summed E-state index contributed by atoms with van der Waals surface area (Å²) in [6, 6.07) is 13.1. The molecular weight excluding hydrogens is 540 g/mol. The SMILES string of the molecule is CC(C)(C)N.CC(C)(C)N.CC(C)O[C@@H](Cc1cccc(O)c1)C(=O)O.CC(C)O[C@@H](Cc1cccc(O)c1)C(=O)O. The second-order valence-electron chi connectivity index (χ2n) is 12.5. The summed E-state index contributed by atoms with van der Waals surface area (Å²) < 4.78 is 10.5. The topological polar surface area (TPSA) is 186 Å². The van der Waals surface area contributed by atoms with Crippen LogP contribution in [0, 0.1) is 0 Å². The zero-order chi connectivity index (χ0) is 33.3. The molecule has 0 aliphatic carbocycles. The number of carboxylic acids is 2. The number of phenols is 2. The van der Waals surface area contributed by atoms with Crippen LogP contribution in [0.5, 0.6) is 11.5 Å². The highest BCUT2D eigenvalue weighted by Crippen LogP contribution is 2.15. The third-order valence-corrected chi connectivity index (χ3v) is 4.09. The number of hydrogen-bond acceptors (Lipinski definition) is 8. The summed E-state index contributed by atoms with van der Waals surface area (Å²) in [4.78, 5) is 21.9. The lowest BCUT2D eigenvalue weighted by molar-refractivity contribution is -0.153. The van der Waals surface area contributed by atoms with Crippen LogP contribution < -0.4 is 11.5 Å². The van der Waals surface area contributed by atoms with Crippen molar-refractivity contribution in [1.82, 2.24) is 0 Å². The van der Waals surface area contributed by atoms with Gasteiger partial charge < -0.3 is 41.4 Å². The molecule has 0 spiro atoms. The first-order valence-electron chi connectivity index (χ1n) is 13.9. The van der Waals surface area contributed by atoms with Gasteiger partial charge in [0.1, 0.15) is 11.5 Å². The van der Waals surface area contributed by atoms with Gasteiger partial charge in [0.2, 0.25) is 0 Å². The molecule has 0 aliphatic heterocycles. The Kier molecular flexibility index (Phi) is 19.4. The molecule has 0 amide bonds. The Morgan fingerprint density at radius 1 is 0.667 bits per heavy atom. The van der Waals surface area contributed by atoms with Gasteiger partial charge in [-0.05, 0) is 105 Å². The van der Waals surface area contributed by atoms with Crippen molar-refractivity contribution >= 4 is 11.9 Å². The van der Waals surface area contributed by atoms with E-state index >= 15 is 0 Å². The molecule has 2 aromatic rings. The third-order valence-electron chi connectivity index (χ3n) is 4.09. The summed E-state index contributed by atoms with van der Waals surface area (Å²) in [6.45, 7) is 19.0. The van der Waals surface area contributed by atoms with Crippen molar-refractivity contribution in [2.45, 2.75) is 118 Å². The Morgan fingerprint density at radius 2 is 0.929 bits per heavy atom. The zero-order valence-electron chi connectivity index (χ0n) is 26.9. The molecule has 0 aromatic heterocycles. The summed E-state index contributed by atoms with van der Waals surface area (Å²) in [7, 11) is 0. The Labute approximate surface area is 251 Å². The molecule has 2 rings (SSSR count). The van der Waals surface area contributed by atoms with Gasteiger partial charge in [0.25, 0.3) is 0 Å². The normalized spacial score (nSPS) is 12.5. The number of phenolic OH excluding ortho intramolecular Hbond substituents is 2. The predicted octanol–water partition coefficient (Wildman–Crippen LogP) is 5.11. The number of benzene rings is 2. The van der Waals surface area contributed by atoms with Gasteiger partial charge in [-0.25, -0.2) is 9.59 Å². The van der Waals surface area contributed by atoms with Gasteiger partial charge in [0.15, 0.2) is 12.2 Å². The lowest BCUT2D eigenvalue weighted by Crippen LogP contribution is -2.29. The van der Waals surface area contributed by atoms with Crippen molar-refractivity contribution in [1.29, 1.82) is 0 Å². The second kappa shape index (κ2) is 19.9. The van der Waals surface area contributed by atoms with Gasteiger partial charge in [0.05, 0.1) is 12.2 Å². The van der Waals surface area contributed by atoms with E-state index in [0.29, 0.717) is 0 Å². The van der Waals surface area contributed by atoms with Crippen molar-refractivity contribution in [3.05, 3.63) is 59.7 Å². The van der Waals surface area contributed by atoms with Crippen molar-refractivity contribution in [3.63, 3.8) is 0 Å². The number of ether oxygens (including phenoxy) is 2. The van der Waals surface area contributed by atoms with Gasteiger partial charge >= 0.3 is 11.9 Å². The molecule has 0 fully saturated rings. The zero-order valence-corrected chi connectivity index (χ0v) is 26.9. The third kappa shape index (κ3) is 28.4. The van der Waals surface area contributed by atoms with E-state index in [1.807, 2.05) is 41.5 Å². The molecule has 0 heterocycles. The average Bonchev–Trinajstić information content (AvgIpc) is 2.76. The van der Waals surface area contributed by atoms with Gasteiger partial charge in [0, 0.05) is 23.9 Å². The first kappa shape index (κ1) is 41.0. The van der Waals surface area contributed by atoms with Crippen LogP contribution in [-0.2, 0) is 31.9 Å². The van der Waals surface area contributed by atoms with E-state index in [9.17, 15) is 19.8 Å². The maximum atomic E-state index is 10.9. The van der Waals surface area contributed by atoms with Crippen molar-refractivity contribution in [3.8, 4) is 11.5 Å². The molecule has 0 saturated carbocycles. The molecule has 0 radical (unpaired) electrons. The summed E-state index contributed by atoms with van der Waals surface area (Å²) in [6.07, 6.45) is -1.52. The smallest absolute Gasteiger partial charge is 0.333 e. The van der Waals surface area contributed by atoms with Crippen molar-refractivity contribution in [2.75, 3.05) is 0 Å². The Hall–Kier alpha value is -3.18. The maximum Gasteiger partial charge on any atom is 0.333 e. The Bertz CT molecular complexity index is 948. The highest BCUT2D eigenvalue weighted by molar-refractivity contribution is 5.73. The maximum absolute atomic E-state index is 10.9. The van der Waals surface area contributed by atoms with E-state index in [0.717, 1.165) is 11.1 Å². The molecule has 240 valence electrons. The Morgan fingerprint density at radius 3 is 1.12 bits per heavy atom. The molecule has 0 bridgehead atoms. The summed E-state index contributed by atoms with van der Waals surface area (Å²) >= 11 is 0. The molecular formula is C32H54N2O8. The van der Waals surface area contributed by atoms with E-state index in [1.165, 1.54) is 0 Å². The van der Waals surface area contributed by atoms with Crippen molar-refractivity contribution in [2.24, 2.45) is 11.5 Å². The molecule has 0 unspecified atom stereocenters. The van der Waals surface area contributed by atoms with Gasteiger partial charge in [-0.2, -0.15) is 0 Å². The Balaban J connectivity index is 0. The van der Waals surface area contributed by atoms with Crippen LogP contribution in [0.4, 0.5) is 0 Å². The molecule has 0 saturated heterocycles. The summed E-state index contributed by atoms with van der Waals surface area (Å²) in [5.41, 5.74) is 12.2. The first-order valence-corrected chi connectivity index (χ1v) is 13.9. The number of carboxylic acid groups (broad SMARTS) is 2. The molecule has 2 aromatic carbocycles. The molecule has 10 nitrogen and oxygen atoms in total. The lowest BCUT2D eigenvalue weighted by Gasteiger charge is -2.16. The fraction of sp³-hybridized carbons (Fsp3) is 0.562. The highest BCUT2D eigenvalue weighted by atomic mass is 16.5. The van der Waals surface area contributed by atoms with E-state index in [4.69, 9.17) is 31.2 Å². The average molecular weight is 595 g/mol.